The van der Waals surface area contributed by atoms with Gasteiger partial charge in [0.2, 0.25) is 0 Å². The van der Waals surface area contributed by atoms with Crippen molar-refractivity contribution in [3.63, 3.8) is 0 Å². The Morgan fingerprint density at radius 1 is 0.211 bits per heavy atom. The average molecular weight is 1890 g/mol. The molecule has 0 saturated carbocycles. The monoisotopic (exact) mass is 1890 g/mol. The first-order valence-electron chi connectivity index (χ1n) is 49.9. The van der Waals surface area contributed by atoms with E-state index in [1.54, 1.807) is 6.20 Å². The van der Waals surface area contributed by atoms with Gasteiger partial charge in [-0.15, -0.1) is 0 Å². The molecule has 17 aromatic carbocycles. The van der Waals surface area contributed by atoms with Gasteiger partial charge in [0.1, 0.15) is 39.3 Å². The zero-order valence-corrected chi connectivity index (χ0v) is 81.4. The quantitative estimate of drug-likeness (QED) is 0.108. The van der Waals surface area contributed by atoms with Crippen molar-refractivity contribution in [2.24, 2.45) is 0 Å². The second kappa shape index (κ2) is 34.8. The van der Waals surface area contributed by atoms with Crippen molar-refractivity contribution in [3.05, 3.63) is 483 Å². The van der Waals surface area contributed by atoms with Gasteiger partial charge in [0.15, 0.2) is 17.5 Å². The summed E-state index contributed by atoms with van der Waals surface area (Å²) < 4.78 is 21.3. The van der Waals surface area contributed by atoms with E-state index in [0.29, 0.717) is 17.5 Å². The van der Waals surface area contributed by atoms with Crippen LogP contribution in [0, 0.1) is 0 Å². The van der Waals surface area contributed by atoms with Gasteiger partial charge in [0.05, 0.1) is 45.2 Å². The zero-order chi connectivity index (χ0) is 98.3. The molecule has 0 bridgehead atoms. The first-order valence-corrected chi connectivity index (χ1v) is 49.9. The van der Waals surface area contributed by atoms with Crippen LogP contribution in [0.2, 0.25) is 0 Å². The van der Waals surface area contributed by atoms with E-state index >= 15 is 0 Å². The molecule has 9 heterocycles. The van der Waals surface area contributed by atoms with Crippen molar-refractivity contribution in [2.45, 2.75) is 57.8 Å². The number of para-hydroxylation sites is 9. The largest absolute Gasteiger partial charge is 0.455 e. The van der Waals surface area contributed by atoms with Crippen molar-refractivity contribution in [1.82, 2.24) is 49.4 Å². The van der Waals surface area contributed by atoms with E-state index in [1.807, 2.05) is 85.3 Å². The summed E-state index contributed by atoms with van der Waals surface area (Å²) in [5.74, 6) is 3.01. The van der Waals surface area contributed by atoms with Gasteiger partial charge in [0.25, 0.3) is 0 Å². The van der Waals surface area contributed by atoms with E-state index in [-0.39, 0.29) is 16.2 Å². The number of rotatable bonds is 13. The van der Waals surface area contributed by atoms with E-state index in [0.717, 1.165) is 239 Å². The molecule has 0 unspecified atom stereocenters. The lowest BCUT2D eigenvalue weighted by molar-refractivity contribution is 0.657. The van der Waals surface area contributed by atoms with Gasteiger partial charge in [-0.2, -0.15) is 0 Å². The van der Waals surface area contributed by atoms with Crippen LogP contribution in [0.1, 0.15) is 74.9 Å². The molecule has 9 aromatic heterocycles. The third-order valence-electron chi connectivity index (χ3n) is 30.0. The van der Waals surface area contributed by atoms with Crippen molar-refractivity contribution < 1.29 is 13.3 Å². The number of aromatic nitrogens is 10. The molecule has 29 rings (SSSR count). The predicted molar refractivity (Wildman–Crippen MR) is 596 cm³/mol. The van der Waals surface area contributed by atoms with E-state index in [1.165, 1.54) is 27.8 Å². The van der Waals surface area contributed by atoms with Crippen LogP contribution in [0.25, 0.3) is 251 Å². The normalized spacial score (nSPS) is 13.1. The number of hydrogen-bond donors (Lipinski definition) is 0. The Labute approximate surface area is 848 Å². The minimum absolute atomic E-state index is 0.253. The number of furan rings is 3. The Morgan fingerprint density at radius 3 is 0.966 bits per heavy atom. The number of fused-ring (bicyclic) bond motifs is 19. The Morgan fingerprint density at radius 2 is 0.537 bits per heavy atom. The first-order chi connectivity index (χ1) is 72.1. The first kappa shape index (κ1) is 87.2. The standard InChI is InChI=1S/C50H34N4O.2C42H29N3O/c1-50(2)40-19-8-6-16-39(40)46-44(50)45(32-25-23-31(24-26-32)36-17-12-18-38-37-15-7-11-22-43(37)55-47(36)38)52-48(53-46)33-27-29-34(30-28-33)49-51-41-20-9-10-21-42(41)54(49)35-13-4-3-5-14-35;1-42(2)35-17-5-3-14-34(35)39-37(42)38(44-41(45-39)29-11-7-10-28(24-29)30-12-9-23-43-25-30)27-21-19-26(20-22-27)31-15-8-16-33-32-13-4-6-18-36(32)46-40(31)33;1-42(2)35-15-5-3-12-34(35)39-37(42)38(44-41(45-39)30-10-7-9-29(25-30)26-21-23-43-24-22-26)28-19-17-27(18-20-28)31-13-8-14-33-32-11-4-6-16-36(32)46-40(31)33/h3-30H,1-2H3;2*3-25H,1-2H3. The summed E-state index contributed by atoms with van der Waals surface area (Å²) in [6, 6.07) is 148. The summed E-state index contributed by atoms with van der Waals surface area (Å²) in [6.07, 6.45) is 7.33. The highest BCUT2D eigenvalue weighted by Gasteiger charge is 2.44. The number of nitrogens with zero attached hydrogens (tertiary/aromatic N) is 10. The second-order valence-corrected chi connectivity index (χ2v) is 39.8. The molecule has 696 valence electrons. The van der Waals surface area contributed by atoms with Crippen LogP contribution in [0.3, 0.4) is 0 Å². The van der Waals surface area contributed by atoms with Gasteiger partial charge >= 0.3 is 0 Å². The van der Waals surface area contributed by atoms with Gasteiger partial charge < -0.3 is 13.3 Å². The summed E-state index contributed by atoms with van der Waals surface area (Å²) >= 11 is 0. The molecule has 0 aliphatic heterocycles. The zero-order valence-electron chi connectivity index (χ0n) is 81.4. The molecule has 0 radical (unpaired) electrons. The number of hydrogen-bond acceptors (Lipinski definition) is 12. The molecule has 0 amide bonds. The Hall–Kier alpha value is -18.9. The summed E-state index contributed by atoms with van der Waals surface area (Å²) in [5, 5.41) is 6.78. The van der Waals surface area contributed by atoms with Crippen molar-refractivity contribution in [1.29, 1.82) is 0 Å². The third kappa shape index (κ3) is 14.7. The molecule has 0 N–H and O–H groups in total. The lowest BCUT2D eigenvalue weighted by atomic mass is 9.80. The topological polar surface area (TPSA) is 160 Å². The van der Waals surface area contributed by atoms with Crippen LogP contribution < -0.4 is 0 Å². The van der Waals surface area contributed by atoms with E-state index in [2.05, 4.69) is 414 Å². The second-order valence-electron chi connectivity index (χ2n) is 39.8. The maximum absolute atomic E-state index is 6.40. The van der Waals surface area contributed by atoms with Crippen molar-refractivity contribution in [3.8, 4) is 174 Å². The van der Waals surface area contributed by atoms with E-state index in [4.69, 9.17) is 48.1 Å². The van der Waals surface area contributed by atoms with E-state index in [9.17, 15) is 0 Å². The third-order valence-corrected chi connectivity index (χ3v) is 30.0. The maximum Gasteiger partial charge on any atom is 0.160 e. The number of imidazole rings is 1. The van der Waals surface area contributed by atoms with Crippen LogP contribution >= 0.6 is 0 Å². The molecular weight excluding hydrogens is 1800 g/mol. The summed E-state index contributed by atoms with van der Waals surface area (Å²) in [5.41, 5.74) is 42.4. The molecule has 0 spiro atoms. The lowest BCUT2D eigenvalue weighted by Crippen LogP contribution is -2.17. The van der Waals surface area contributed by atoms with Gasteiger partial charge in [-0.3, -0.25) is 14.5 Å². The highest BCUT2D eigenvalue weighted by molar-refractivity contribution is 6.12. The highest BCUT2D eigenvalue weighted by atomic mass is 16.3. The van der Waals surface area contributed by atoms with Crippen molar-refractivity contribution in [2.75, 3.05) is 0 Å². The fourth-order valence-electron chi connectivity index (χ4n) is 22.8. The Kier molecular flexibility index (Phi) is 20.6. The molecule has 147 heavy (non-hydrogen) atoms. The molecular formula is C134H92N10O3. The van der Waals surface area contributed by atoms with Gasteiger partial charge in [-0.1, -0.05) is 393 Å². The maximum atomic E-state index is 6.40. The van der Waals surface area contributed by atoms with E-state index < -0.39 is 0 Å². The summed E-state index contributed by atoms with van der Waals surface area (Å²) in [7, 11) is 0. The van der Waals surface area contributed by atoms with Crippen LogP contribution in [0.15, 0.2) is 463 Å². The SMILES string of the molecule is CC1(C)c2ccccc2-c2nc(-c3ccc(-c4nc5ccccc5n4-c4ccccc4)cc3)nc(-c3ccc(-c4cccc5c4oc4ccccc45)cc3)c21.CC1(C)c2ccccc2-c2nc(-c3cccc(-c4cccnc4)c3)nc(-c3ccc(-c4cccc5c4oc4ccccc45)cc3)c21.CC1(C)c2ccccc2-c2nc(-c3cccc(-c4ccncc4)c3)nc(-c3ccc(-c4cccc5c4oc4ccccc45)cc3)c21. The van der Waals surface area contributed by atoms with Crippen LogP contribution in [-0.4, -0.2) is 49.4 Å². The smallest absolute Gasteiger partial charge is 0.160 e. The van der Waals surface area contributed by atoms with Gasteiger partial charge in [0, 0.05) is 174 Å². The molecule has 0 saturated heterocycles. The lowest BCUT2D eigenvalue weighted by Gasteiger charge is -2.24. The van der Waals surface area contributed by atoms with Crippen LogP contribution in [-0.2, 0) is 16.2 Å². The molecule has 26 aromatic rings. The summed E-state index contributed by atoms with van der Waals surface area (Å²) in [6.45, 7) is 13.7. The fourth-order valence-corrected chi connectivity index (χ4v) is 22.8. The number of benzene rings is 17. The van der Waals surface area contributed by atoms with Crippen LogP contribution in [0.4, 0.5) is 0 Å². The predicted octanol–water partition coefficient (Wildman–Crippen LogP) is 34.2. The molecule has 0 atom stereocenters. The molecule has 3 aliphatic carbocycles. The van der Waals surface area contributed by atoms with Crippen molar-refractivity contribution >= 4 is 76.8 Å². The molecule has 13 heteroatoms. The molecule has 0 fully saturated rings. The van der Waals surface area contributed by atoms with Gasteiger partial charge in [-0.05, 0) is 123 Å². The van der Waals surface area contributed by atoms with Crippen LogP contribution in [0.5, 0.6) is 0 Å². The van der Waals surface area contributed by atoms with Gasteiger partial charge in [-0.25, -0.2) is 34.9 Å². The Balaban J connectivity index is 0.000000110. The Bertz CT molecular complexity index is 9400. The highest BCUT2D eigenvalue weighted by Crippen LogP contribution is 2.57. The number of pyridine rings is 2. The fraction of sp³-hybridized carbons (Fsp3) is 0.0672. The molecule has 13 nitrogen and oxygen atoms in total. The average Bonchev–Trinajstić information content (AvgIpc) is 1.56. The summed E-state index contributed by atoms with van der Waals surface area (Å²) in [4.78, 5) is 45.5. The minimum Gasteiger partial charge on any atom is -0.455 e. The molecule has 3 aliphatic rings. The minimum atomic E-state index is -0.279.